The molecule has 0 aromatic rings. The highest BCUT2D eigenvalue weighted by Crippen LogP contribution is 2.34. The third-order valence-corrected chi connectivity index (χ3v) is 0. The molecule has 0 bridgehead atoms. The molecule has 5 heteroatoms. The van der Waals surface area contributed by atoms with Crippen LogP contribution in [0.2, 0.25) is 0 Å². The largest absolute Gasteiger partial charge is 0.507 e. The summed E-state index contributed by atoms with van der Waals surface area (Å²) in [5.41, 5.74) is 0. The van der Waals surface area contributed by atoms with Gasteiger partial charge in [-0.05, 0) is 0 Å². The van der Waals surface area contributed by atoms with Crippen molar-refractivity contribution in [3.05, 3.63) is 0 Å². The molecule has 0 unspecified atom stereocenters. The zero-order valence-electron chi connectivity index (χ0n) is 4.83. The lowest BCUT2D eigenvalue weighted by molar-refractivity contribution is 0.322. The predicted molar refractivity (Wildman–Crippen MR) is 29.1 cm³/mol. The fourth-order valence-corrected chi connectivity index (χ4v) is 0. The number of halogens is 1. The Morgan fingerprint density at radius 2 is 1.50 bits per heavy atom. The summed E-state index contributed by atoms with van der Waals surface area (Å²) in [4.78, 5) is 13.9. The van der Waals surface area contributed by atoms with Crippen molar-refractivity contribution in [2.24, 2.45) is 0 Å². The van der Waals surface area contributed by atoms with Crippen molar-refractivity contribution < 1.29 is 18.5 Å². The van der Waals surface area contributed by atoms with Gasteiger partial charge in [-0.15, -0.1) is 4.20 Å². The van der Waals surface area contributed by atoms with Crippen LogP contribution in [-0.2, 0) is 4.57 Å². The number of hydrogen-bond donors (Lipinski definition) is 2. The third-order valence-electron chi connectivity index (χ3n) is 0. The molecule has 8 heavy (non-hydrogen) atoms. The quantitative estimate of drug-likeness (QED) is 0.506. The smallest absolute Gasteiger partial charge is 0.299 e. The molecule has 0 spiro atoms. The molecule has 52 valence electrons. The lowest BCUT2D eigenvalue weighted by Gasteiger charge is -1.77. The van der Waals surface area contributed by atoms with E-state index in [2.05, 4.69) is 13.8 Å². The van der Waals surface area contributed by atoms with E-state index >= 15 is 0 Å². The molecular weight excluding hydrogens is 134 g/mol. The topological polar surface area (TPSA) is 57.5 Å². The molecule has 0 saturated carbocycles. The average molecular weight is 144 g/mol. The molecule has 0 atom stereocenters. The first-order valence-electron chi connectivity index (χ1n) is 2.17. The van der Waals surface area contributed by atoms with Gasteiger partial charge in [-0.25, -0.2) is 4.57 Å². The molecule has 0 aliphatic heterocycles. The molecule has 2 N–H and O–H groups in total. The molecular formula is C3H10FO3P. The average Bonchev–Trinajstić information content (AvgIpc) is 1.27. The van der Waals surface area contributed by atoms with Gasteiger partial charge in [-0.1, -0.05) is 20.3 Å². The van der Waals surface area contributed by atoms with Crippen LogP contribution in [0.15, 0.2) is 0 Å². The monoisotopic (exact) mass is 144 g/mol. The number of hydrogen-bond acceptors (Lipinski definition) is 1. The minimum Gasteiger partial charge on any atom is -0.299 e. The van der Waals surface area contributed by atoms with Gasteiger partial charge >= 0.3 is 7.91 Å². The fraction of sp³-hybridized carbons (Fsp3) is 1.00. The van der Waals surface area contributed by atoms with E-state index in [9.17, 15) is 4.20 Å². The Bertz CT molecular complexity index is 70.3. The van der Waals surface area contributed by atoms with Gasteiger partial charge in [0.1, 0.15) is 0 Å². The molecule has 0 aromatic heterocycles. The van der Waals surface area contributed by atoms with Gasteiger partial charge in [-0.3, -0.25) is 9.79 Å². The fourth-order valence-electron chi connectivity index (χ4n) is 0. The summed E-state index contributed by atoms with van der Waals surface area (Å²) in [6.45, 7) is 4.25. The van der Waals surface area contributed by atoms with Crippen molar-refractivity contribution in [3.8, 4) is 0 Å². The number of rotatable bonds is 0. The van der Waals surface area contributed by atoms with Crippen LogP contribution in [0.5, 0.6) is 0 Å². The van der Waals surface area contributed by atoms with E-state index in [-0.39, 0.29) is 0 Å². The molecule has 0 rings (SSSR count). The highest BCUT2D eigenvalue weighted by atomic mass is 31.2. The summed E-state index contributed by atoms with van der Waals surface area (Å²) in [5, 5.41) is 0. The normalized spacial score (nSPS) is 9.62. The Labute approximate surface area is 47.8 Å². The summed E-state index contributed by atoms with van der Waals surface area (Å²) >= 11 is 0. The Hall–Kier alpha value is 0.0800. The van der Waals surface area contributed by atoms with Gasteiger partial charge in [0, 0.05) is 0 Å². The Kier molecular flexibility index (Phi) is 7.15. The highest BCUT2D eigenvalue weighted by molar-refractivity contribution is 7.45. The van der Waals surface area contributed by atoms with Gasteiger partial charge < -0.3 is 0 Å². The van der Waals surface area contributed by atoms with Crippen molar-refractivity contribution >= 4 is 7.91 Å². The van der Waals surface area contributed by atoms with Crippen molar-refractivity contribution in [2.45, 2.75) is 20.3 Å². The summed E-state index contributed by atoms with van der Waals surface area (Å²) in [7, 11) is -5.14. The first-order chi connectivity index (χ1) is 3.41. The van der Waals surface area contributed by atoms with Crippen LogP contribution in [0.25, 0.3) is 0 Å². The lowest BCUT2D eigenvalue weighted by atomic mass is 10.6. The van der Waals surface area contributed by atoms with E-state index in [1.165, 1.54) is 6.42 Å². The zero-order chi connectivity index (χ0) is 7.21. The first-order valence-corrected chi connectivity index (χ1v) is 3.67. The maximum Gasteiger partial charge on any atom is 0.507 e. The maximum atomic E-state index is 10.4. The molecule has 0 fully saturated rings. The minimum absolute atomic E-state index is 1.25. The van der Waals surface area contributed by atoms with E-state index in [1.54, 1.807) is 0 Å². The zero-order valence-corrected chi connectivity index (χ0v) is 5.73. The van der Waals surface area contributed by atoms with Gasteiger partial charge in [-0.2, -0.15) is 0 Å². The van der Waals surface area contributed by atoms with Crippen LogP contribution in [0.4, 0.5) is 4.20 Å². The third kappa shape index (κ3) is 24500. The maximum absolute atomic E-state index is 10.4. The highest BCUT2D eigenvalue weighted by Gasteiger charge is 2.04. The molecule has 0 amide bonds. The molecule has 0 heterocycles. The van der Waals surface area contributed by atoms with E-state index in [1.807, 2.05) is 0 Å². The van der Waals surface area contributed by atoms with Crippen molar-refractivity contribution in [3.63, 3.8) is 0 Å². The Morgan fingerprint density at radius 3 is 1.50 bits per heavy atom. The van der Waals surface area contributed by atoms with Crippen LogP contribution in [0, 0.1) is 0 Å². The molecule has 3 nitrogen and oxygen atoms in total. The summed E-state index contributed by atoms with van der Waals surface area (Å²) in [5.74, 6) is 0. The van der Waals surface area contributed by atoms with Crippen LogP contribution in [-0.4, -0.2) is 9.79 Å². The lowest BCUT2D eigenvalue weighted by Crippen LogP contribution is -1.56. The summed E-state index contributed by atoms with van der Waals surface area (Å²) in [6, 6.07) is 0. The molecule has 0 radical (unpaired) electrons. The van der Waals surface area contributed by atoms with Gasteiger partial charge in [0.2, 0.25) is 0 Å². The van der Waals surface area contributed by atoms with Gasteiger partial charge in [0.05, 0.1) is 0 Å². The summed E-state index contributed by atoms with van der Waals surface area (Å²) < 4.78 is 19.0. The Balaban J connectivity index is 0. The van der Waals surface area contributed by atoms with Crippen molar-refractivity contribution in [1.82, 2.24) is 0 Å². The van der Waals surface area contributed by atoms with Gasteiger partial charge in [0.15, 0.2) is 0 Å². The second kappa shape index (κ2) is 5.22. The molecule has 0 aliphatic carbocycles. The summed E-state index contributed by atoms with van der Waals surface area (Å²) in [6.07, 6.45) is 1.25. The van der Waals surface area contributed by atoms with Crippen molar-refractivity contribution in [1.29, 1.82) is 0 Å². The van der Waals surface area contributed by atoms with Gasteiger partial charge in [0.25, 0.3) is 0 Å². The minimum atomic E-state index is -5.14. The first kappa shape index (κ1) is 11.0. The second-order valence-electron chi connectivity index (χ2n) is 1.18. The van der Waals surface area contributed by atoms with Crippen LogP contribution in [0.1, 0.15) is 20.3 Å². The SMILES string of the molecule is CCC.O=P(O)(O)F. The Morgan fingerprint density at radius 1 is 1.50 bits per heavy atom. The van der Waals surface area contributed by atoms with E-state index in [0.29, 0.717) is 0 Å². The van der Waals surface area contributed by atoms with E-state index in [4.69, 9.17) is 14.4 Å². The molecule has 0 saturated heterocycles. The van der Waals surface area contributed by atoms with Crippen LogP contribution in [0.3, 0.4) is 0 Å². The van der Waals surface area contributed by atoms with E-state index in [0.717, 1.165) is 0 Å². The van der Waals surface area contributed by atoms with Crippen molar-refractivity contribution in [2.75, 3.05) is 0 Å². The van der Waals surface area contributed by atoms with Crippen LogP contribution < -0.4 is 0 Å². The predicted octanol–water partition coefficient (Wildman–Crippen LogP) is 1.46. The second-order valence-corrected chi connectivity index (χ2v) is 2.13. The van der Waals surface area contributed by atoms with Crippen LogP contribution >= 0.6 is 7.91 Å². The molecule has 0 aliphatic rings. The standard InChI is InChI=1S/C3H8.FH2O3P/c1-3-2;1-5(2,3)4/h3H2,1-2H3;(H2,2,3,4). The molecule has 0 aromatic carbocycles. The van der Waals surface area contributed by atoms with E-state index < -0.39 is 7.91 Å².